The number of nitro benzene ring substituents is 1. The van der Waals surface area contributed by atoms with Crippen LogP contribution in [0.3, 0.4) is 0 Å². The number of thiazole rings is 1. The number of H-pyrrole nitrogens is 1. The van der Waals surface area contributed by atoms with Gasteiger partial charge in [0.05, 0.1) is 41.7 Å². The Balaban J connectivity index is 1.30. The first-order valence-electron chi connectivity index (χ1n) is 12.6. The number of ether oxygens (including phenoxy) is 2. The first-order valence-corrected chi connectivity index (χ1v) is 14.3. The Morgan fingerprint density at radius 1 is 0.974 bits per heavy atom. The molecule has 2 bridgehead atoms. The number of methoxy groups -OCH3 is 2. The molecule has 2 saturated carbocycles. The lowest BCUT2D eigenvalue weighted by Gasteiger charge is -2.43. The number of rotatable bonds is 5. The number of amides is 2. The Hall–Kier alpha value is -3.64. The summed E-state index contributed by atoms with van der Waals surface area (Å²) in [6.07, 6.45) is 0.770. The van der Waals surface area contributed by atoms with E-state index >= 15 is 0 Å². The van der Waals surface area contributed by atoms with Crippen molar-refractivity contribution in [2.24, 2.45) is 29.6 Å². The molecular formula is C27H23N3O7S2. The summed E-state index contributed by atoms with van der Waals surface area (Å²) in [5.74, 6) is -0.334. The van der Waals surface area contributed by atoms with Gasteiger partial charge in [0.15, 0.2) is 11.5 Å². The number of anilines is 1. The number of hydrogen-bond acceptors (Lipinski definition) is 9. The van der Waals surface area contributed by atoms with Crippen LogP contribution in [0.15, 0.2) is 52.3 Å². The molecule has 2 amide bonds. The van der Waals surface area contributed by atoms with Gasteiger partial charge in [0.25, 0.3) is 5.69 Å². The molecule has 2 aliphatic heterocycles. The zero-order chi connectivity index (χ0) is 27.2. The molecule has 10 nitrogen and oxygen atoms in total. The Bertz CT molecular complexity index is 1600. The van der Waals surface area contributed by atoms with E-state index in [2.05, 4.69) is 4.98 Å². The van der Waals surface area contributed by atoms with Crippen LogP contribution < -0.4 is 19.2 Å². The van der Waals surface area contributed by atoms with Crippen molar-refractivity contribution in [3.05, 3.63) is 72.7 Å². The second-order valence-corrected chi connectivity index (χ2v) is 12.6. The topological polar surface area (TPSA) is 132 Å². The lowest BCUT2D eigenvalue weighted by atomic mass is 9.68. The highest BCUT2D eigenvalue weighted by Gasteiger charge is 2.69. The molecule has 7 atom stereocenters. The van der Waals surface area contributed by atoms with Crippen LogP contribution in [0.1, 0.15) is 22.8 Å². The molecule has 5 unspecified atom stereocenters. The van der Waals surface area contributed by atoms with Gasteiger partial charge < -0.3 is 14.5 Å². The van der Waals surface area contributed by atoms with Gasteiger partial charge in [0.1, 0.15) is 0 Å². The van der Waals surface area contributed by atoms with Crippen LogP contribution in [0.2, 0.25) is 0 Å². The quantitative estimate of drug-likeness (QED) is 0.279. The fourth-order valence-electron chi connectivity index (χ4n) is 7.41. The summed E-state index contributed by atoms with van der Waals surface area (Å²) >= 11 is 2.82. The molecule has 1 aromatic heterocycles. The van der Waals surface area contributed by atoms with Crippen molar-refractivity contribution < 1.29 is 24.0 Å². The average molecular weight is 566 g/mol. The van der Waals surface area contributed by atoms with Gasteiger partial charge >= 0.3 is 4.87 Å². The largest absolute Gasteiger partial charge is 0.493 e. The standard InChI is InChI=1S/C27H23N3O7S2/c1-36-16-8-3-11(9-17(16)37-2)18-19-14-10-15(22(19)38-24-23(18)39-27(33)28-24)21-20(14)25(31)29(26(21)32)12-4-6-13(7-5-12)30(34)35/h3-9,14-15,18-22H,10H2,1-2H3,(H,28,33)/t14-,15-,18?,19?,20?,21?,22?/m1/s1. The van der Waals surface area contributed by atoms with E-state index < -0.39 is 16.8 Å². The van der Waals surface area contributed by atoms with Crippen molar-refractivity contribution >= 4 is 46.3 Å². The van der Waals surface area contributed by atoms with Gasteiger partial charge in [0.2, 0.25) is 11.8 Å². The van der Waals surface area contributed by atoms with Crippen molar-refractivity contribution in [1.29, 1.82) is 0 Å². The Kier molecular flexibility index (Phi) is 5.43. The molecule has 2 aliphatic carbocycles. The highest BCUT2D eigenvalue weighted by atomic mass is 32.2. The highest BCUT2D eigenvalue weighted by Crippen LogP contribution is 2.68. The van der Waals surface area contributed by atoms with E-state index in [0.717, 1.165) is 21.9 Å². The minimum Gasteiger partial charge on any atom is -0.493 e. The number of nitrogens with zero attached hydrogens (tertiary/aromatic N) is 2. The summed E-state index contributed by atoms with van der Waals surface area (Å²) in [7, 11) is 3.16. The fourth-order valence-corrected chi connectivity index (χ4v) is 10.3. The zero-order valence-corrected chi connectivity index (χ0v) is 22.5. The normalized spacial score (nSPS) is 30.2. The molecule has 0 spiro atoms. The summed E-state index contributed by atoms with van der Waals surface area (Å²) in [5, 5.41) is 12.0. The predicted octanol–water partition coefficient (Wildman–Crippen LogP) is 4.04. The number of carbonyl (C=O) groups excluding carboxylic acids is 2. The lowest BCUT2D eigenvalue weighted by molar-refractivity contribution is -0.384. The van der Waals surface area contributed by atoms with Crippen molar-refractivity contribution in [2.75, 3.05) is 19.1 Å². The minimum absolute atomic E-state index is 0.0197. The number of imide groups is 1. The number of hydrogen-bond donors (Lipinski definition) is 1. The van der Waals surface area contributed by atoms with Gasteiger partial charge in [0, 0.05) is 28.2 Å². The molecule has 1 N–H and O–H groups in total. The van der Waals surface area contributed by atoms with Crippen LogP contribution in [0.4, 0.5) is 11.4 Å². The van der Waals surface area contributed by atoms with Crippen LogP contribution in [0, 0.1) is 39.7 Å². The average Bonchev–Trinajstić information content (AvgIpc) is 3.67. The lowest BCUT2D eigenvalue weighted by Crippen LogP contribution is -2.42. The van der Waals surface area contributed by atoms with Crippen molar-refractivity contribution in [3.63, 3.8) is 0 Å². The Morgan fingerprint density at radius 2 is 1.67 bits per heavy atom. The van der Waals surface area contributed by atoms with E-state index in [-0.39, 0.29) is 51.3 Å². The fraction of sp³-hybridized carbons (Fsp3) is 0.370. The van der Waals surface area contributed by atoms with Crippen LogP contribution in [-0.2, 0) is 9.59 Å². The van der Waals surface area contributed by atoms with Gasteiger partial charge in [-0.1, -0.05) is 17.4 Å². The third-order valence-corrected chi connectivity index (χ3v) is 11.4. The van der Waals surface area contributed by atoms with E-state index in [1.165, 1.54) is 40.5 Å². The molecule has 200 valence electrons. The van der Waals surface area contributed by atoms with Gasteiger partial charge in [-0.2, -0.15) is 0 Å². The summed E-state index contributed by atoms with van der Waals surface area (Å²) in [4.78, 5) is 55.7. The number of thioether (sulfide) groups is 1. The van der Waals surface area contributed by atoms with Crippen molar-refractivity contribution in [3.8, 4) is 11.5 Å². The van der Waals surface area contributed by atoms with Gasteiger partial charge in [-0.05, 0) is 54.0 Å². The summed E-state index contributed by atoms with van der Waals surface area (Å²) in [5.41, 5.74) is 1.24. The molecular weight excluding hydrogens is 542 g/mol. The maximum absolute atomic E-state index is 13.8. The van der Waals surface area contributed by atoms with Crippen molar-refractivity contribution in [2.45, 2.75) is 22.6 Å². The number of nitro groups is 1. The van der Waals surface area contributed by atoms with Crippen LogP contribution in [0.25, 0.3) is 0 Å². The second-order valence-electron chi connectivity index (χ2n) is 10.4. The van der Waals surface area contributed by atoms with Crippen molar-refractivity contribution in [1.82, 2.24) is 4.98 Å². The molecule has 1 saturated heterocycles. The Labute approximate surface area is 230 Å². The molecule has 3 aromatic rings. The monoisotopic (exact) mass is 565 g/mol. The number of aromatic nitrogens is 1. The zero-order valence-electron chi connectivity index (χ0n) is 20.9. The van der Waals surface area contributed by atoms with Crippen LogP contribution in [0.5, 0.6) is 11.5 Å². The number of aromatic amines is 1. The molecule has 7 rings (SSSR count). The van der Waals surface area contributed by atoms with E-state index in [4.69, 9.17) is 9.47 Å². The number of carbonyl (C=O) groups is 2. The number of benzene rings is 2. The predicted molar refractivity (Wildman–Crippen MR) is 144 cm³/mol. The molecule has 4 aliphatic rings. The van der Waals surface area contributed by atoms with E-state index in [1.54, 1.807) is 26.0 Å². The van der Waals surface area contributed by atoms with E-state index in [1.807, 2.05) is 18.2 Å². The summed E-state index contributed by atoms with van der Waals surface area (Å²) < 4.78 is 11.0. The van der Waals surface area contributed by atoms with Crippen LogP contribution in [-0.4, -0.2) is 41.2 Å². The van der Waals surface area contributed by atoms with Crippen LogP contribution >= 0.6 is 23.1 Å². The van der Waals surface area contributed by atoms with E-state index in [0.29, 0.717) is 17.2 Å². The molecule has 3 fully saturated rings. The minimum atomic E-state index is -0.508. The van der Waals surface area contributed by atoms with Gasteiger partial charge in [-0.15, -0.1) is 11.8 Å². The summed E-state index contributed by atoms with van der Waals surface area (Å²) in [6.45, 7) is 0. The third-order valence-electron chi connectivity index (χ3n) is 8.81. The smallest absolute Gasteiger partial charge is 0.305 e. The van der Waals surface area contributed by atoms with Gasteiger partial charge in [-0.25, -0.2) is 0 Å². The molecule has 12 heteroatoms. The first-order chi connectivity index (χ1) is 18.8. The maximum atomic E-state index is 13.8. The summed E-state index contributed by atoms with van der Waals surface area (Å²) in [6, 6.07) is 11.4. The molecule has 0 radical (unpaired) electrons. The third kappa shape index (κ3) is 3.37. The second kappa shape index (κ2) is 8.68. The number of non-ortho nitro benzene ring substituents is 1. The Morgan fingerprint density at radius 3 is 2.33 bits per heavy atom. The molecule has 2 aromatic carbocycles. The molecule has 3 heterocycles. The molecule has 39 heavy (non-hydrogen) atoms. The number of nitrogens with one attached hydrogen (secondary N) is 1. The SMILES string of the molecule is COc1ccc(C2c3sc(=O)[nH]c3SC3C2[C@H]2C[C@@H]3C3C(=O)N(c4ccc([N+](=O)[O-])cc4)C(=O)C32)cc1OC. The van der Waals surface area contributed by atoms with Gasteiger partial charge in [-0.3, -0.25) is 29.4 Å². The van der Waals surface area contributed by atoms with E-state index in [9.17, 15) is 24.5 Å². The first kappa shape index (κ1) is 24.4. The highest BCUT2D eigenvalue weighted by molar-refractivity contribution is 8.00. The number of fused-ring (bicyclic) bond motifs is 9. The maximum Gasteiger partial charge on any atom is 0.305 e.